The third-order valence-corrected chi connectivity index (χ3v) is 8.54. The van der Waals surface area contributed by atoms with E-state index < -0.39 is 66.1 Å². The molecule has 5 aromatic rings. The Morgan fingerprint density at radius 3 is 1.65 bits per heavy atom. The number of aromatic nitrogens is 4. The van der Waals surface area contributed by atoms with Gasteiger partial charge in [0, 0.05) is 49.5 Å². The number of carbonyl (C=O) groups excluding carboxylic acids is 5. The Bertz CT molecular complexity index is 2000. The highest BCUT2D eigenvalue weighted by Crippen LogP contribution is 2.17. The topological polar surface area (TPSA) is 203 Å². The van der Waals surface area contributed by atoms with Gasteiger partial charge in [0.05, 0.1) is 19.2 Å². The third-order valence-electron chi connectivity index (χ3n) is 8.54. The van der Waals surface area contributed by atoms with Crippen molar-refractivity contribution in [3.63, 3.8) is 0 Å². The van der Waals surface area contributed by atoms with E-state index in [9.17, 15) is 28.4 Å². The molecule has 0 aliphatic carbocycles. The standard InChI is InChI=1S/C36H36FN9O5/c37-25-9-6-21(7-10-25)12-29-34(49)45-31(15-27-17-39-20-42-27)36(51)46-30(14-26-16-38-19-41-26)35(50)44-28(33(48)40-18-32(47)43-29)13-22-5-8-23-3-1-2-4-24(23)11-22/h1-11,16-17,19-20,28-31H,12-15,18H2,(H,38,41)(H,39,42)(H,40,48)(H,43,47)(H,44,50)(H,45,49)(H,46,51)/t28-,29+,30-,31-/m0/s1. The van der Waals surface area contributed by atoms with Gasteiger partial charge in [0.25, 0.3) is 0 Å². The van der Waals surface area contributed by atoms with E-state index in [-0.39, 0.29) is 25.7 Å². The van der Waals surface area contributed by atoms with Crippen molar-refractivity contribution in [2.45, 2.75) is 49.9 Å². The molecule has 1 saturated heterocycles. The average molecular weight is 694 g/mol. The summed E-state index contributed by atoms with van der Waals surface area (Å²) in [4.78, 5) is 82.4. The molecule has 1 aliphatic rings. The Labute approximate surface area is 291 Å². The van der Waals surface area contributed by atoms with Gasteiger partial charge < -0.3 is 36.6 Å². The summed E-state index contributed by atoms with van der Waals surface area (Å²) in [6.07, 6.45) is 5.85. The fourth-order valence-corrected chi connectivity index (χ4v) is 5.88. The molecule has 14 nitrogen and oxygen atoms in total. The summed E-state index contributed by atoms with van der Waals surface area (Å²) in [5, 5.41) is 15.4. The molecule has 1 aliphatic heterocycles. The summed E-state index contributed by atoms with van der Waals surface area (Å²) >= 11 is 0. The van der Waals surface area contributed by atoms with Crippen LogP contribution >= 0.6 is 0 Å². The summed E-state index contributed by atoms with van der Waals surface area (Å²) < 4.78 is 13.7. The minimum absolute atomic E-state index is 0.0140. The van der Waals surface area contributed by atoms with Crippen molar-refractivity contribution in [3.05, 3.63) is 120 Å². The molecule has 1 fully saturated rings. The summed E-state index contributed by atoms with van der Waals surface area (Å²) in [6.45, 7) is -0.511. The highest BCUT2D eigenvalue weighted by molar-refractivity contribution is 5.97. The van der Waals surface area contributed by atoms with Gasteiger partial charge in [0.1, 0.15) is 30.0 Å². The van der Waals surface area contributed by atoms with Gasteiger partial charge in [-0.05, 0) is 34.0 Å². The first kappa shape index (κ1) is 34.5. The zero-order valence-corrected chi connectivity index (χ0v) is 27.3. The molecule has 5 amide bonds. The third kappa shape index (κ3) is 9.20. The molecule has 3 aromatic carbocycles. The van der Waals surface area contributed by atoms with Crippen molar-refractivity contribution < 1.29 is 28.4 Å². The zero-order valence-electron chi connectivity index (χ0n) is 27.3. The van der Waals surface area contributed by atoms with Gasteiger partial charge in [-0.2, -0.15) is 0 Å². The molecular weight excluding hydrogens is 657 g/mol. The van der Waals surface area contributed by atoms with Crippen LogP contribution in [-0.4, -0.2) is 80.2 Å². The van der Waals surface area contributed by atoms with Crippen LogP contribution in [0.5, 0.6) is 0 Å². The maximum absolute atomic E-state index is 14.0. The molecule has 262 valence electrons. The quantitative estimate of drug-likeness (QED) is 0.124. The number of aromatic amines is 2. The number of benzene rings is 3. The van der Waals surface area contributed by atoms with Gasteiger partial charge in [-0.3, -0.25) is 24.0 Å². The molecule has 6 rings (SSSR count). The number of H-pyrrole nitrogens is 2. The van der Waals surface area contributed by atoms with Crippen molar-refractivity contribution in [2.24, 2.45) is 0 Å². The van der Waals surface area contributed by atoms with E-state index in [2.05, 4.69) is 46.5 Å². The Kier molecular flexibility index (Phi) is 10.7. The van der Waals surface area contributed by atoms with Crippen LogP contribution in [0.3, 0.4) is 0 Å². The summed E-state index contributed by atoms with van der Waals surface area (Å²) in [7, 11) is 0. The van der Waals surface area contributed by atoms with E-state index >= 15 is 0 Å². The van der Waals surface area contributed by atoms with Gasteiger partial charge in [-0.15, -0.1) is 0 Å². The van der Waals surface area contributed by atoms with E-state index in [1.54, 1.807) is 0 Å². The number of amides is 5. The molecule has 0 spiro atoms. The van der Waals surface area contributed by atoms with Gasteiger partial charge in [-0.25, -0.2) is 14.4 Å². The number of fused-ring (bicyclic) bond motifs is 1. The van der Waals surface area contributed by atoms with E-state index in [1.807, 2.05) is 42.5 Å². The molecule has 2 aromatic heterocycles. The molecule has 4 atom stereocenters. The molecule has 0 unspecified atom stereocenters. The molecular formula is C36H36FN9O5. The number of carbonyl (C=O) groups is 5. The molecule has 0 bridgehead atoms. The van der Waals surface area contributed by atoms with E-state index in [1.165, 1.54) is 49.3 Å². The number of imidazole rings is 2. The largest absolute Gasteiger partial charge is 0.348 e. The predicted molar refractivity (Wildman–Crippen MR) is 183 cm³/mol. The van der Waals surface area contributed by atoms with Crippen molar-refractivity contribution in [1.29, 1.82) is 0 Å². The molecule has 0 radical (unpaired) electrons. The molecule has 51 heavy (non-hydrogen) atoms. The van der Waals surface area contributed by atoms with Gasteiger partial charge in [0.15, 0.2) is 0 Å². The fourth-order valence-electron chi connectivity index (χ4n) is 5.88. The Morgan fingerprint density at radius 1 is 0.569 bits per heavy atom. The fraction of sp³-hybridized carbons (Fsp3) is 0.250. The van der Waals surface area contributed by atoms with Crippen LogP contribution in [-0.2, 0) is 49.7 Å². The summed E-state index contributed by atoms with van der Waals surface area (Å²) in [5.41, 5.74) is 2.34. The number of hydrogen-bond acceptors (Lipinski definition) is 7. The molecule has 3 heterocycles. The SMILES string of the molecule is O=C1CNC(=O)[C@H](Cc2ccc3ccccc3c2)NC(=O)[C@H](Cc2cnc[nH]2)NC(=O)[C@H](Cc2cnc[nH]2)NC(=O)[C@@H](Cc2ccc(F)cc2)N1. The number of halogens is 1. The number of nitrogens with zero attached hydrogens (tertiary/aromatic N) is 2. The molecule has 15 heteroatoms. The van der Waals surface area contributed by atoms with E-state index in [0.29, 0.717) is 17.0 Å². The van der Waals surface area contributed by atoms with Crippen LogP contribution in [0.25, 0.3) is 10.8 Å². The van der Waals surface area contributed by atoms with E-state index in [4.69, 9.17) is 0 Å². The maximum Gasteiger partial charge on any atom is 0.243 e. The van der Waals surface area contributed by atoms with Crippen molar-refractivity contribution in [1.82, 2.24) is 46.5 Å². The van der Waals surface area contributed by atoms with Crippen LogP contribution in [0, 0.1) is 5.82 Å². The van der Waals surface area contributed by atoms with Crippen LogP contribution in [0.2, 0.25) is 0 Å². The smallest absolute Gasteiger partial charge is 0.243 e. The minimum atomic E-state index is -1.22. The minimum Gasteiger partial charge on any atom is -0.348 e. The average Bonchev–Trinajstić information content (AvgIpc) is 3.85. The monoisotopic (exact) mass is 693 g/mol. The van der Waals surface area contributed by atoms with Crippen LogP contribution < -0.4 is 26.6 Å². The summed E-state index contributed by atoms with van der Waals surface area (Å²) in [5.74, 6) is -3.89. The van der Waals surface area contributed by atoms with Gasteiger partial charge in [0.2, 0.25) is 29.5 Å². The lowest BCUT2D eigenvalue weighted by atomic mass is 10.0. The Hall–Kier alpha value is -6.38. The number of hydrogen-bond donors (Lipinski definition) is 7. The van der Waals surface area contributed by atoms with Crippen molar-refractivity contribution in [3.8, 4) is 0 Å². The highest BCUT2D eigenvalue weighted by atomic mass is 19.1. The van der Waals surface area contributed by atoms with Crippen LogP contribution in [0.1, 0.15) is 22.5 Å². The second-order valence-electron chi connectivity index (χ2n) is 12.3. The van der Waals surface area contributed by atoms with Crippen LogP contribution in [0.4, 0.5) is 4.39 Å². The Balaban J connectivity index is 1.33. The van der Waals surface area contributed by atoms with E-state index in [0.717, 1.165) is 16.3 Å². The lowest BCUT2D eigenvalue weighted by Crippen LogP contribution is -2.59. The lowest BCUT2D eigenvalue weighted by Gasteiger charge is -2.25. The zero-order chi connectivity index (χ0) is 35.7. The Morgan fingerprint density at radius 2 is 1.08 bits per heavy atom. The normalized spacial score (nSPS) is 20.7. The number of nitrogens with one attached hydrogen (secondary N) is 7. The van der Waals surface area contributed by atoms with Crippen LogP contribution in [0.15, 0.2) is 91.8 Å². The number of rotatable bonds is 8. The first-order valence-electron chi connectivity index (χ1n) is 16.3. The maximum atomic E-state index is 14.0. The molecule has 7 N–H and O–H groups in total. The summed E-state index contributed by atoms with van der Waals surface area (Å²) in [6, 6.07) is 14.0. The first-order chi connectivity index (χ1) is 24.7. The lowest BCUT2D eigenvalue weighted by molar-refractivity contribution is -0.133. The van der Waals surface area contributed by atoms with Crippen molar-refractivity contribution >= 4 is 40.3 Å². The highest BCUT2D eigenvalue weighted by Gasteiger charge is 2.33. The predicted octanol–water partition coefficient (Wildman–Crippen LogP) is 0.765. The first-order valence-corrected chi connectivity index (χ1v) is 16.3. The van der Waals surface area contributed by atoms with Crippen molar-refractivity contribution in [2.75, 3.05) is 6.54 Å². The molecule has 0 saturated carbocycles. The van der Waals surface area contributed by atoms with Gasteiger partial charge >= 0.3 is 0 Å². The second-order valence-corrected chi connectivity index (χ2v) is 12.3. The second kappa shape index (κ2) is 15.9. The van der Waals surface area contributed by atoms with Gasteiger partial charge in [-0.1, -0.05) is 54.6 Å².